The second-order valence-corrected chi connectivity index (χ2v) is 7.03. The molecule has 0 saturated heterocycles. The number of thioether (sulfide) groups is 1. The van der Waals surface area contributed by atoms with Gasteiger partial charge in [-0.25, -0.2) is 4.99 Å². The Morgan fingerprint density at radius 3 is 2.65 bits per heavy atom. The van der Waals surface area contributed by atoms with Crippen molar-refractivity contribution in [3.63, 3.8) is 0 Å². The lowest BCUT2D eigenvalue weighted by Crippen LogP contribution is -2.25. The van der Waals surface area contributed by atoms with Crippen LogP contribution in [-0.2, 0) is 11.2 Å². The number of aryl methyl sites for hydroxylation is 2. The summed E-state index contributed by atoms with van der Waals surface area (Å²) in [6.07, 6.45) is 0.952. The fourth-order valence-electron chi connectivity index (χ4n) is 2.74. The maximum absolute atomic E-state index is 11.1. The van der Waals surface area contributed by atoms with Crippen molar-refractivity contribution in [3.05, 3.63) is 59.2 Å². The monoisotopic (exact) mass is 366 g/mol. The van der Waals surface area contributed by atoms with E-state index < -0.39 is 0 Å². The number of para-hydroxylation sites is 1. The van der Waals surface area contributed by atoms with Gasteiger partial charge in [0.15, 0.2) is 5.17 Å². The minimum atomic E-state index is -0.0755. The third-order valence-electron chi connectivity index (χ3n) is 4.09. The third-order valence-corrected chi connectivity index (χ3v) is 4.96. The van der Waals surface area contributed by atoms with Crippen LogP contribution in [0.2, 0.25) is 0 Å². The van der Waals surface area contributed by atoms with Gasteiger partial charge < -0.3 is 5.32 Å². The van der Waals surface area contributed by atoms with Crippen molar-refractivity contribution in [2.24, 2.45) is 10.1 Å². The van der Waals surface area contributed by atoms with Crippen molar-refractivity contribution in [1.82, 2.24) is 5.43 Å². The number of nitrogens with one attached hydrogen (secondary N) is 2. The number of amidine groups is 1. The summed E-state index contributed by atoms with van der Waals surface area (Å²) < 4.78 is 0. The van der Waals surface area contributed by atoms with Crippen LogP contribution in [0.4, 0.5) is 11.4 Å². The Labute approximate surface area is 158 Å². The highest BCUT2D eigenvalue weighted by molar-refractivity contribution is 8.14. The number of aliphatic imine (C=N–C) groups is 1. The molecule has 0 unspecified atom stereocenters. The van der Waals surface area contributed by atoms with Gasteiger partial charge >= 0.3 is 0 Å². The largest absolute Gasteiger partial charge is 0.326 e. The molecule has 1 aliphatic rings. The fourth-order valence-corrected chi connectivity index (χ4v) is 3.51. The number of carbonyl (C=O) groups excluding carboxylic acids is 1. The number of hydrazone groups is 1. The van der Waals surface area contributed by atoms with Crippen LogP contribution in [0.5, 0.6) is 0 Å². The molecule has 0 spiro atoms. The van der Waals surface area contributed by atoms with Gasteiger partial charge in [0, 0.05) is 18.4 Å². The second-order valence-electron chi connectivity index (χ2n) is 6.07. The zero-order chi connectivity index (χ0) is 18.5. The standard InChI is InChI=1S/C20H22N4OS/c1-4-15-7-5-6-13(2)19(15)22-20-24-23-18(12-26-20)16-8-10-17(11-9-16)21-14(3)25/h5-11H,4,12H2,1-3H3,(H,21,25)(H,22,24). The van der Waals surface area contributed by atoms with Crippen molar-refractivity contribution in [1.29, 1.82) is 0 Å². The Morgan fingerprint density at radius 2 is 2.04 bits per heavy atom. The number of nitrogens with zero attached hydrogens (tertiary/aromatic N) is 2. The molecule has 0 radical (unpaired) electrons. The van der Waals surface area contributed by atoms with Crippen molar-refractivity contribution in [2.45, 2.75) is 27.2 Å². The molecular weight excluding hydrogens is 344 g/mol. The lowest BCUT2D eigenvalue weighted by molar-refractivity contribution is -0.114. The van der Waals surface area contributed by atoms with Gasteiger partial charge in [-0.3, -0.25) is 10.2 Å². The molecule has 6 heteroatoms. The maximum atomic E-state index is 11.1. The minimum absolute atomic E-state index is 0.0755. The van der Waals surface area contributed by atoms with Crippen molar-refractivity contribution < 1.29 is 4.79 Å². The van der Waals surface area contributed by atoms with Gasteiger partial charge in [-0.15, -0.1) is 0 Å². The average Bonchev–Trinajstić information content (AvgIpc) is 2.64. The topological polar surface area (TPSA) is 65.8 Å². The molecule has 0 saturated carbocycles. The Kier molecular flexibility index (Phi) is 5.73. The first-order valence-corrected chi connectivity index (χ1v) is 9.56. The molecule has 26 heavy (non-hydrogen) atoms. The van der Waals surface area contributed by atoms with Crippen LogP contribution in [0.3, 0.4) is 0 Å². The highest BCUT2D eigenvalue weighted by Crippen LogP contribution is 2.26. The molecule has 0 aliphatic carbocycles. The van der Waals surface area contributed by atoms with Crippen molar-refractivity contribution in [3.8, 4) is 0 Å². The summed E-state index contributed by atoms with van der Waals surface area (Å²) in [6, 6.07) is 14.0. The van der Waals surface area contributed by atoms with Crippen LogP contribution < -0.4 is 10.7 Å². The van der Waals surface area contributed by atoms with Gasteiger partial charge in [0.25, 0.3) is 0 Å². The molecule has 1 amide bonds. The van der Waals surface area contributed by atoms with Gasteiger partial charge in [0.2, 0.25) is 5.91 Å². The molecule has 134 valence electrons. The predicted molar refractivity (Wildman–Crippen MR) is 111 cm³/mol. The predicted octanol–water partition coefficient (Wildman–Crippen LogP) is 4.24. The molecular formula is C20H22N4OS. The molecule has 1 heterocycles. The van der Waals surface area contributed by atoms with E-state index in [0.29, 0.717) is 0 Å². The van der Waals surface area contributed by atoms with E-state index in [4.69, 9.17) is 4.99 Å². The Hall–Kier alpha value is -2.60. The fraction of sp³-hybridized carbons (Fsp3) is 0.250. The van der Waals surface area contributed by atoms with E-state index in [1.54, 1.807) is 11.8 Å². The lowest BCUT2D eigenvalue weighted by Gasteiger charge is -2.16. The molecule has 2 aromatic rings. The third kappa shape index (κ3) is 4.32. The van der Waals surface area contributed by atoms with Crippen LogP contribution in [0.15, 0.2) is 52.6 Å². The molecule has 0 fully saturated rings. The molecule has 0 aromatic heterocycles. The summed E-state index contributed by atoms with van der Waals surface area (Å²) in [5.41, 5.74) is 9.29. The Morgan fingerprint density at radius 1 is 1.27 bits per heavy atom. The first-order valence-electron chi connectivity index (χ1n) is 8.57. The van der Waals surface area contributed by atoms with E-state index in [2.05, 4.69) is 47.9 Å². The Balaban J connectivity index is 1.75. The molecule has 0 bridgehead atoms. The summed E-state index contributed by atoms with van der Waals surface area (Å²) in [6.45, 7) is 5.72. The zero-order valence-electron chi connectivity index (χ0n) is 15.2. The van der Waals surface area contributed by atoms with Gasteiger partial charge in [0.05, 0.1) is 11.4 Å². The van der Waals surface area contributed by atoms with Gasteiger partial charge in [-0.2, -0.15) is 5.10 Å². The number of anilines is 1. The molecule has 5 nitrogen and oxygen atoms in total. The van der Waals surface area contributed by atoms with Crippen molar-refractivity contribution >= 4 is 39.9 Å². The summed E-state index contributed by atoms with van der Waals surface area (Å²) in [7, 11) is 0. The molecule has 2 N–H and O–H groups in total. The summed E-state index contributed by atoms with van der Waals surface area (Å²) in [5, 5.41) is 8.06. The van der Waals surface area contributed by atoms with Crippen LogP contribution in [0, 0.1) is 6.92 Å². The van der Waals surface area contributed by atoms with E-state index in [0.717, 1.165) is 40.0 Å². The smallest absolute Gasteiger partial charge is 0.221 e. The van der Waals surface area contributed by atoms with Crippen LogP contribution in [0.25, 0.3) is 0 Å². The number of benzene rings is 2. The second kappa shape index (κ2) is 8.19. The number of hydrogen-bond acceptors (Lipinski definition) is 4. The summed E-state index contributed by atoms with van der Waals surface area (Å²) in [5.74, 6) is 0.673. The number of rotatable bonds is 4. The normalized spacial score (nSPS) is 15.3. The molecule has 3 rings (SSSR count). The highest BCUT2D eigenvalue weighted by Gasteiger charge is 2.14. The van der Waals surface area contributed by atoms with E-state index in [-0.39, 0.29) is 5.91 Å². The number of carbonyl (C=O) groups is 1. The van der Waals surface area contributed by atoms with Gasteiger partial charge in [0.1, 0.15) is 0 Å². The maximum Gasteiger partial charge on any atom is 0.221 e. The molecule has 1 aliphatic heterocycles. The first-order chi connectivity index (χ1) is 12.6. The quantitative estimate of drug-likeness (QED) is 0.850. The molecule has 2 aromatic carbocycles. The van der Waals surface area contributed by atoms with E-state index >= 15 is 0 Å². The number of hydrogen-bond donors (Lipinski definition) is 2. The van der Waals surface area contributed by atoms with Gasteiger partial charge in [-0.05, 0) is 42.2 Å². The first kappa shape index (κ1) is 18.2. The minimum Gasteiger partial charge on any atom is -0.326 e. The van der Waals surface area contributed by atoms with E-state index in [9.17, 15) is 4.79 Å². The SMILES string of the molecule is CCc1cccc(C)c1N=C1NN=C(c2ccc(NC(C)=O)cc2)CS1. The molecule has 0 atom stereocenters. The van der Waals surface area contributed by atoms with E-state index in [1.807, 2.05) is 24.3 Å². The lowest BCUT2D eigenvalue weighted by atomic mass is 10.1. The zero-order valence-corrected chi connectivity index (χ0v) is 16.0. The van der Waals surface area contributed by atoms with Gasteiger partial charge in [-0.1, -0.05) is 49.0 Å². The average molecular weight is 366 g/mol. The number of amides is 1. The Bertz CT molecular complexity index is 872. The van der Waals surface area contributed by atoms with Crippen LogP contribution >= 0.6 is 11.8 Å². The highest BCUT2D eigenvalue weighted by atomic mass is 32.2. The van der Waals surface area contributed by atoms with Crippen LogP contribution in [0.1, 0.15) is 30.5 Å². The summed E-state index contributed by atoms with van der Waals surface area (Å²) >= 11 is 1.64. The van der Waals surface area contributed by atoms with E-state index in [1.165, 1.54) is 18.1 Å². The summed E-state index contributed by atoms with van der Waals surface area (Å²) in [4.78, 5) is 15.9. The van der Waals surface area contributed by atoms with Crippen LogP contribution in [-0.4, -0.2) is 22.5 Å². The van der Waals surface area contributed by atoms with Crippen molar-refractivity contribution in [2.75, 3.05) is 11.1 Å².